The molecule has 0 saturated carbocycles. The van der Waals surface area contributed by atoms with Crippen LogP contribution >= 0.6 is 11.6 Å². The average Bonchev–Trinajstić information content (AvgIpc) is 3.80. The van der Waals surface area contributed by atoms with Crippen LogP contribution in [0, 0.1) is 26.6 Å². The molecule has 1 unspecified atom stereocenters. The molecule has 1 fully saturated rings. The largest absolute Gasteiger partial charge is 0.493 e. The SMILES string of the molecule is CNC(=O)C(CCC=O)c1cc2ccc(OCC(=O)N3CCN(CCn4c(C(=O)OC(C)(C)C)c(CCCOc5cccc6cc(F)ccc56)c5ccc(Cl)c(-c6c(C)nn(C)c6C)c54)CC3)cc2nc1C. The van der Waals surface area contributed by atoms with E-state index in [-0.39, 0.29) is 30.7 Å². The van der Waals surface area contributed by atoms with E-state index in [2.05, 4.69) is 14.8 Å². The molecule has 1 atom stereocenters. The van der Waals surface area contributed by atoms with Gasteiger partial charge in [-0.05, 0) is 126 Å². The van der Waals surface area contributed by atoms with Crippen molar-refractivity contribution in [3.05, 3.63) is 118 Å². The number of hydrogen-bond acceptors (Lipinski definition) is 10. The molecule has 1 aliphatic rings. The van der Waals surface area contributed by atoms with Gasteiger partial charge in [0.05, 0.1) is 34.3 Å². The minimum Gasteiger partial charge on any atom is -0.493 e. The van der Waals surface area contributed by atoms with E-state index in [9.17, 15) is 23.6 Å². The van der Waals surface area contributed by atoms with Crippen molar-refractivity contribution in [3.8, 4) is 22.6 Å². The van der Waals surface area contributed by atoms with E-state index in [0.29, 0.717) is 98.6 Å². The van der Waals surface area contributed by atoms with Crippen LogP contribution in [0.15, 0.2) is 72.8 Å². The first-order valence-corrected chi connectivity index (χ1v) is 24.9. The highest BCUT2D eigenvalue weighted by molar-refractivity contribution is 6.35. The zero-order valence-corrected chi connectivity index (χ0v) is 43.1. The summed E-state index contributed by atoms with van der Waals surface area (Å²) in [6, 6.07) is 21.5. The first kappa shape index (κ1) is 51.5. The smallest absolute Gasteiger partial charge is 0.355 e. The van der Waals surface area contributed by atoms with Gasteiger partial charge in [0.15, 0.2) is 6.61 Å². The van der Waals surface area contributed by atoms with Gasteiger partial charge in [-0.15, -0.1) is 0 Å². The average molecular weight is 1000 g/mol. The van der Waals surface area contributed by atoms with Crippen molar-refractivity contribution in [1.82, 2.24) is 34.4 Å². The van der Waals surface area contributed by atoms with Crippen molar-refractivity contribution >= 4 is 68.2 Å². The predicted molar refractivity (Wildman–Crippen MR) is 279 cm³/mol. The zero-order valence-electron chi connectivity index (χ0n) is 42.4. The summed E-state index contributed by atoms with van der Waals surface area (Å²) in [5.74, 6) is -0.393. The second kappa shape index (κ2) is 21.9. The molecule has 0 radical (unpaired) electrons. The Bertz CT molecular complexity index is 3190. The number of rotatable bonds is 18. The van der Waals surface area contributed by atoms with Crippen LogP contribution < -0.4 is 14.8 Å². The molecular weight excluding hydrogens is 937 g/mol. The third-order valence-electron chi connectivity index (χ3n) is 13.5. The highest BCUT2D eigenvalue weighted by atomic mass is 35.5. The molecule has 0 bridgehead atoms. The number of nitrogens with one attached hydrogen (secondary N) is 1. The summed E-state index contributed by atoms with van der Waals surface area (Å²) in [5, 5.41) is 11.3. The fourth-order valence-corrected chi connectivity index (χ4v) is 10.2. The van der Waals surface area contributed by atoms with Crippen LogP contribution in [0.2, 0.25) is 5.02 Å². The van der Waals surface area contributed by atoms with Gasteiger partial charge < -0.3 is 33.8 Å². The summed E-state index contributed by atoms with van der Waals surface area (Å²) >= 11 is 7.21. The summed E-state index contributed by atoms with van der Waals surface area (Å²) in [5.41, 5.74) is 6.90. The van der Waals surface area contributed by atoms with Gasteiger partial charge in [-0.1, -0.05) is 29.8 Å². The number of amides is 2. The molecule has 1 N–H and O–H groups in total. The number of nitrogens with zero attached hydrogens (tertiary/aromatic N) is 6. The number of esters is 1. The van der Waals surface area contributed by atoms with Crippen LogP contribution in [0.5, 0.6) is 11.5 Å². The molecular formula is C56H63ClFN7O7. The highest BCUT2D eigenvalue weighted by Gasteiger charge is 2.32. The number of aromatic nitrogens is 4. The number of carbonyl (C=O) groups excluding carboxylic acids is 4. The second-order valence-electron chi connectivity index (χ2n) is 19.5. The first-order valence-electron chi connectivity index (χ1n) is 24.5. The lowest BCUT2D eigenvalue weighted by Gasteiger charge is -2.35. The molecule has 72 heavy (non-hydrogen) atoms. The molecule has 2 amide bonds. The third kappa shape index (κ3) is 11.1. The quantitative estimate of drug-likeness (QED) is 0.0501. The highest BCUT2D eigenvalue weighted by Crippen LogP contribution is 2.43. The van der Waals surface area contributed by atoms with Crippen molar-refractivity contribution in [2.45, 2.75) is 85.3 Å². The Morgan fingerprint density at radius 3 is 2.36 bits per heavy atom. The number of benzene rings is 4. The van der Waals surface area contributed by atoms with E-state index in [1.54, 1.807) is 25.2 Å². The topological polar surface area (TPSA) is 150 Å². The number of aldehydes is 1. The predicted octanol–water partition coefficient (Wildman–Crippen LogP) is 9.46. The number of likely N-dealkylation sites (N-methyl/N-ethyl adjacent to an activating group) is 1. The summed E-state index contributed by atoms with van der Waals surface area (Å²) in [7, 11) is 3.49. The van der Waals surface area contributed by atoms with E-state index >= 15 is 0 Å². The van der Waals surface area contributed by atoms with Gasteiger partial charge in [0.25, 0.3) is 5.91 Å². The Hall–Kier alpha value is -6.84. The van der Waals surface area contributed by atoms with E-state index < -0.39 is 17.5 Å². The van der Waals surface area contributed by atoms with Crippen molar-refractivity contribution in [2.75, 3.05) is 53.0 Å². The van der Waals surface area contributed by atoms with E-state index in [1.165, 1.54) is 12.1 Å². The molecule has 378 valence electrons. The Morgan fingerprint density at radius 2 is 1.65 bits per heavy atom. The van der Waals surface area contributed by atoms with Gasteiger partial charge in [-0.2, -0.15) is 5.10 Å². The van der Waals surface area contributed by atoms with Crippen molar-refractivity contribution in [2.24, 2.45) is 7.05 Å². The van der Waals surface area contributed by atoms with Crippen LogP contribution in [-0.2, 0) is 39.1 Å². The summed E-state index contributed by atoms with van der Waals surface area (Å²) in [6.07, 6.45) is 2.52. The van der Waals surface area contributed by atoms with Gasteiger partial charge in [0, 0.05) is 105 Å². The lowest BCUT2D eigenvalue weighted by molar-refractivity contribution is -0.135. The van der Waals surface area contributed by atoms with Gasteiger partial charge in [-0.3, -0.25) is 24.2 Å². The van der Waals surface area contributed by atoms with Crippen molar-refractivity contribution in [3.63, 3.8) is 0 Å². The maximum Gasteiger partial charge on any atom is 0.355 e. The zero-order chi connectivity index (χ0) is 51.4. The van der Waals surface area contributed by atoms with Gasteiger partial charge in [0.1, 0.15) is 34.9 Å². The standard InChI is InChI=1S/C56H63ClFN7O7/c1-34-45(44(13-10-28-66)54(68)59-7)31-38-16-18-40(32-47(38)60-34)71-33-49(67)64-25-22-63(23-26-64)24-27-65-52-43(20-21-46(57)51(52)50-35(2)61-62(8)36(50)3)42(53(65)55(69)72-56(4,5)6)14-11-29-70-48-15-9-12-37-30-39(58)17-19-41(37)48/h9,12,15-21,28,30-32,44H,10-11,13-14,22-27,29,33H2,1-8H3,(H,59,68). The lowest BCUT2D eigenvalue weighted by atomic mass is 9.91. The molecule has 1 aliphatic heterocycles. The molecule has 0 spiro atoms. The normalized spacial score (nSPS) is 13.7. The molecule has 14 nitrogen and oxygen atoms in total. The fourth-order valence-electron chi connectivity index (χ4n) is 9.92. The maximum absolute atomic E-state index is 14.6. The molecule has 4 heterocycles. The lowest BCUT2D eigenvalue weighted by Crippen LogP contribution is -2.50. The van der Waals surface area contributed by atoms with Gasteiger partial charge in [0.2, 0.25) is 5.91 Å². The number of ether oxygens (including phenoxy) is 3. The Morgan fingerprint density at radius 1 is 0.889 bits per heavy atom. The van der Waals surface area contributed by atoms with E-state index in [1.807, 2.05) is 101 Å². The minimum absolute atomic E-state index is 0.133. The van der Waals surface area contributed by atoms with Gasteiger partial charge in [-0.25, -0.2) is 9.18 Å². The number of hydrogen-bond donors (Lipinski definition) is 1. The van der Waals surface area contributed by atoms with Crippen LogP contribution in [0.4, 0.5) is 4.39 Å². The monoisotopic (exact) mass is 999 g/mol. The van der Waals surface area contributed by atoms with Crippen LogP contribution in [0.1, 0.15) is 84.6 Å². The van der Waals surface area contributed by atoms with Crippen LogP contribution in [0.25, 0.3) is 43.7 Å². The minimum atomic E-state index is -0.776. The number of carbonyl (C=O) groups is 4. The second-order valence-corrected chi connectivity index (χ2v) is 19.9. The molecule has 16 heteroatoms. The molecule has 8 rings (SSSR count). The van der Waals surface area contributed by atoms with Crippen molar-refractivity contribution < 1.29 is 37.8 Å². The summed E-state index contributed by atoms with van der Waals surface area (Å²) < 4.78 is 36.5. The summed E-state index contributed by atoms with van der Waals surface area (Å²) in [6.45, 7) is 14.8. The Labute approximate surface area is 424 Å². The molecule has 4 aromatic carbocycles. The summed E-state index contributed by atoms with van der Waals surface area (Å²) in [4.78, 5) is 60.9. The maximum atomic E-state index is 14.6. The Kier molecular flexibility index (Phi) is 15.7. The molecule has 0 aliphatic carbocycles. The van der Waals surface area contributed by atoms with Crippen LogP contribution in [0.3, 0.4) is 0 Å². The number of pyridine rings is 1. The molecule has 3 aromatic heterocycles. The van der Waals surface area contributed by atoms with E-state index in [4.69, 9.17) is 35.9 Å². The number of fused-ring (bicyclic) bond motifs is 3. The number of piperazine rings is 1. The van der Waals surface area contributed by atoms with Crippen molar-refractivity contribution in [1.29, 1.82) is 0 Å². The Balaban J connectivity index is 1.00. The first-order chi connectivity index (χ1) is 34.5. The number of halogens is 2. The van der Waals surface area contributed by atoms with E-state index in [0.717, 1.165) is 67.0 Å². The molecule has 1 saturated heterocycles. The fraction of sp³-hybridized carbons (Fsp3) is 0.393. The molecule has 7 aromatic rings. The van der Waals surface area contributed by atoms with Crippen LogP contribution in [-0.4, -0.2) is 112 Å². The number of aryl methyl sites for hydroxylation is 4. The third-order valence-corrected chi connectivity index (χ3v) is 13.8. The van der Waals surface area contributed by atoms with Gasteiger partial charge >= 0.3 is 5.97 Å².